The molecule has 8 heteroatoms. The van der Waals surface area contributed by atoms with Gasteiger partial charge in [-0.3, -0.25) is 4.79 Å². The molecule has 0 atom stereocenters. The molecule has 2 aromatic carbocycles. The van der Waals surface area contributed by atoms with Gasteiger partial charge in [-0.1, -0.05) is 26.0 Å². The van der Waals surface area contributed by atoms with E-state index in [1.54, 1.807) is 6.07 Å². The van der Waals surface area contributed by atoms with E-state index in [9.17, 15) is 9.18 Å². The Morgan fingerprint density at radius 1 is 1.00 bits per heavy atom. The molecule has 1 fully saturated rings. The first kappa shape index (κ1) is 28.4. The minimum Gasteiger partial charge on any atom is -0.494 e. The maximum absolute atomic E-state index is 14.1. The quantitative estimate of drug-likeness (QED) is 0.376. The molecule has 4 rings (SSSR count). The summed E-state index contributed by atoms with van der Waals surface area (Å²) in [7, 11) is 2.12. The van der Waals surface area contributed by atoms with Crippen LogP contribution in [-0.4, -0.2) is 62.2 Å². The van der Waals surface area contributed by atoms with Crippen LogP contribution in [-0.2, 0) is 17.8 Å². The predicted molar refractivity (Wildman–Crippen MR) is 153 cm³/mol. The molecule has 39 heavy (non-hydrogen) atoms. The lowest BCUT2D eigenvalue weighted by Crippen LogP contribution is -2.45. The molecule has 0 spiro atoms. The van der Waals surface area contributed by atoms with Gasteiger partial charge in [0.25, 0.3) is 0 Å². The highest BCUT2D eigenvalue weighted by atomic mass is 19.1. The van der Waals surface area contributed by atoms with Gasteiger partial charge in [0.1, 0.15) is 23.1 Å². The van der Waals surface area contributed by atoms with E-state index in [0.29, 0.717) is 36.1 Å². The van der Waals surface area contributed by atoms with Crippen LogP contribution in [0.3, 0.4) is 0 Å². The number of likely N-dealkylation sites (N-methyl/N-ethyl adjacent to an activating group) is 1. The van der Waals surface area contributed by atoms with Crippen molar-refractivity contribution in [3.8, 4) is 22.6 Å². The van der Waals surface area contributed by atoms with E-state index >= 15 is 0 Å². The maximum Gasteiger partial charge on any atom is 0.226 e. The summed E-state index contributed by atoms with van der Waals surface area (Å²) in [6.45, 7) is 11.0. The Morgan fingerprint density at radius 3 is 2.44 bits per heavy atom. The number of carbonyl (C=O) groups excluding carboxylic acids is 1. The van der Waals surface area contributed by atoms with Gasteiger partial charge in [-0.15, -0.1) is 0 Å². The number of piperazine rings is 1. The fourth-order valence-corrected chi connectivity index (χ4v) is 4.46. The van der Waals surface area contributed by atoms with E-state index in [4.69, 9.17) is 14.5 Å². The largest absolute Gasteiger partial charge is 0.494 e. The molecule has 1 aliphatic rings. The topological polar surface area (TPSA) is 66.9 Å². The second-order valence-corrected chi connectivity index (χ2v) is 10.4. The fourth-order valence-electron chi connectivity index (χ4n) is 4.46. The number of carbonyl (C=O) groups is 1. The molecule has 1 saturated heterocycles. The van der Waals surface area contributed by atoms with E-state index < -0.39 is 0 Å². The summed E-state index contributed by atoms with van der Waals surface area (Å²) in [5.41, 5.74) is 3.42. The molecule has 1 amide bonds. The average Bonchev–Trinajstić information content (AvgIpc) is 2.92. The highest BCUT2D eigenvalue weighted by Crippen LogP contribution is 2.31. The van der Waals surface area contributed by atoms with Crippen LogP contribution in [0.4, 0.5) is 10.2 Å². The second kappa shape index (κ2) is 13.4. The molecule has 1 aromatic heterocycles. The van der Waals surface area contributed by atoms with Crippen LogP contribution >= 0.6 is 0 Å². The average molecular weight is 535 g/mol. The first-order chi connectivity index (χ1) is 18.8. The van der Waals surface area contributed by atoms with Gasteiger partial charge in [0.05, 0.1) is 25.3 Å². The molecule has 0 radical (unpaired) electrons. The van der Waals surface area contributed by atoms with E-state index in [1.165, 1.54) is 12.1 Å². The van der Waals surface area contributed by atoms with Crippen molar-refractivity contribution >= 4 is 11.7 Å². The number of rotatable bonds is 11. The van der Waals surface area contributed by atoms with Crippen LogP contribution < -0.4 is 19.7 Å². The van der Waals surface area contributed by atoms with Gasteiger partial charge in [-0.25, -0.2) is 9.37 Å². The first-order valence-corrected chi connectivity index (χ1v) is 13.7. The Labute approximate surface area is 230 Å². The highest BCUT2D eigenvalue weighted by molar-refractivity contribution is 5.80. The number of benzene rings is 2. The van der Waals surface area contributed by atoms with Gasteiger partial charge in [-0.2, -0.15) is 0 Å². The number of hydrogen-bond donors (Lipinski definition) is 1. The van der Waals surface area contributed by atoms with E-state index in [-0.39, 0.29) is 24.7 Å². The third-order valence-electron chi connectivity index (χ3n) is 6.56. The molecule has 1 aliphatic heterocycles. The zero-order valence-electron chi connectivity index (χ0n) is 23.4. The standard InChI is InChI=1S/C31H39FN4O3/c1-5-38-27-9-6-24(7-10-27)29-11-8-26(34-31(29)36-14-12-35(4)13-15-36)19-30(37)33-20-23-16-25(32)18-28(17-23)39-21-22(2)3/h6-11,16-18,22H,5,12-15,19-21H2,1-4H3,(H,33,37). The van der Waals surface area contributed by atoms with Gasteiger partial charge in [-0.05, 0) is 67.4 Å². The molecule has 3 aromatic rings. The lowest BCUT2D eigenvalue weighted by atomic mass is 10.0. The summed E-state index contributed by atoms with van der Waals surface area (Å²) >= 11 is 0. The van der Waals surface area contributed by atoms with Crippen molar-refractivity contribution in [2.24, 2.45) is 5.92 Å². The molecule has 0 unspecified atom stereocenters. The Balaban J connectivity index is 1.47. The number of hydrogen-bond acceptors (Lipinski definition) is 6. The van der Waals surface area contributed by atoms with Gasteiger partial charge >= 0.3 is 0 Å². The summed E-state index contributed by atoms with van der Waals surface area (Å²) in [6.07, 6.45) is 0.135. The van der Waals surface area contributed by atoms with Crippen LogP contribution in [0, 0.1) is 11.7 Å². The summed E-state index contributed by atoms with van der Waals surface area (Å²) < 4.78 is 25.4. The van der Waals surface area contributed by atoms with Gasteiger partial charge in [0, 0.05) is 44.4 Å². The van der Waals surface area contributed by atoms with E-state index in [2.05, 4.69) is 22.2 Å². The van der Waals surface area contributed by atoms with Crippen molar-refractivity contribution in [2.75, 3.05) is 51.3 Å². The molecule has 0 saturated carbocycles. The number of aromatic nitrogens is 1. The Hall–Kier alpha value is -3.65. The number of nitrogens with one attached hydrogen (secondary N) is 1. The van der Waals surface area contributed by atoms with E-state index in [0.717, 1.165) is 48.9 Å². The highest BCUT2D eigenvalue weighted by Gasteiger charge is 2.20. The zero-order valence-corrected chi connectivity index (χ0v) is 23.4. The van der Waals surface area contributed by atoms with Crippen molar-refractivity contribution in [3.05, 3.63) is 71.7 Å². The summed E-state index contributed by atoms with van der Waals surface area (Å²) in [4.78, 5) is 22.4. The molecule has 1 N–H and O–H groups in total. The Bertz CT molecular complexity index is 1240. The number of pyridine rings is 1. The van der Waals surface area contributed by atoms with Gasteiger partial charge < -0.3 is 24.6 Å². The summed E-state index contributed by atoms with van der Waals surface area (Å²) in [6, 6.07) is 16.5. The number of ether oxygens (including phenoxy) is 2. The monoisotopic (exact) mass is 534 g/mol. The third-order valence-corrected chi connectivity index (χ3v) is 6.56. The molecule has 0 aliphatic carbocycles. The molecule has 0 bridgehead atoms. The van der Waals surface area contributed by atoms with Crippen LogP contribution in [0.2, 0.25) is 0 Å². The summed E-state index contributed by atoms with van der Waals surface area (Å²) in [5, 5.41) is 2.90. The minimum absolute atomic E-state index is 0.135. The molecule has 208 valence electrons. The normalized spacial score (nSPS) is 13.9. The smallest absolute Gasteiger partial charge is 0.226 e. The fraction of sp³-hybridized carbons (Fsp3) is 0.419. The van der Waals surface area contributed by atoms with Crippen molar-refractivity contribution < 1.29 is 18.7 Å². The van der Waals surface area contributed by atoms with Gasteiger partial charge in [0.15, 0.2) is 0 Å². The molecular formula is C31H39FN4O3. The lowest BCUT2D eigenvalue weighted by Gasteiger charge is -2.34. The van der Waals surface area contributed by atoms with Crippen LogP contribution in [0.25, 0.3) is 11.1 Å². The van der Waals surface area contributed by atoms with Crippen molar-refractivity contribution in [1.29, 1.82) is 0 Å². The molecule has 7 nitrogen and oxygen atoms in total. The predicted octanol–water partition coefficient (Wildman–Crippen LogP) is 4.93. The van der Waals surface area contributed by atoms with Crippen LogP contribution in [0.15, 0.2) is 54.6 Å². The second-order valence-electron chi connectivity index (χ2n) is 10.4. The minimum atomic E-state index is -0.385. The van der Waals surface area contributed by atoms with Crippen molar-refractivity contribution in [3.63, 3.8) is 0 Å². The lowest BCUT2D eigenvalue weighted by molar-refractivity contribution is -0.120. The first-order valence-electron chi connectivity index (χ1n) is 13.7. The van der Waals surface area contributed by atoms with Crippen LogP contribution in [0.5, 0.6) is 11.5 Å². The van der Waals surface area contributed by atoms with Gasteiger partial charge in [0.2, 0.25) is 5.91 Å². The van der Waals surface area contributed by atoms with E-state index in [1.807, 2.05) is 57.2 Å². The number of halogens is 1. The zero-order chi connectivity index (χ0) is 27.8. The Morgan fingerprint density at radius 2 is 1.74 bits per heavy atom. The molecule has 2 heterocycles. The van der Waals surface area contributed by atoms with Crippen LogP contribution in [0.1, 0.15) is 32.0 Å². The number of anilines is 1. The summed E-state index contributed by atoms with van der Waals surface area (Å²) in [5.74, 6) is 1.96. The van der Waals surface area contributed by atoms with Crippen molar-refractivity contribution in [2.45, 2.75) is 33.7 Å². The number of nitrogens with zero attached hydrogens (tertiary/aromatic N) is 3. The number of amides is 1. The Kier molecular flexibility index (Phi) is 9.76. The van der Waals surface area contributed by atoms with Crippen molar-refractivity contribution in [1.82, 2.24) is 15.2 Å². The molecular weight excluding hydrogens is 495 g/mol. The maximum atomic E-state index is 14.1. The SMILES string of the molecule is CCOc1ccc(-c2ccc(CC(=O)NCc3cc(F)cc(OCC(C)C)c3)nc2N2CCN(C)CC2)cc1. The third kappa shape index (κ3) is 8.17.